The van der Waals surface area contributed by atoms with Crippen LogP contribution in [0.2, 0.25) is 0 Å². The van der Waals surface area contributed by atoms with E-state index in [1.165, 1.54) is 24.3 Å². The van der Waals surface area contributed by atoms with Gasteiger partial charge in [0.1, 0.15) is 11.5 Å². The molecule has 0 radical (unpaired) electrons. The number of hydrogen-bond donors (Lipinski definition) is 1. The average molecular weight is 446 g/mol. The molecule has 0 saturated heterocycles. The lowest BCUT2D eigenvalue weighted by Crippen LogP contribution is -2.29. The van der Waals surface area contributed by atoms with E-state index in [0.29, 0.717) is 0 Å². The van der Waals surface area contributed by atoms with Gasteiger partial charge in [-0.2, -0.15) is 0 Å². The second-order valence-corrected chi connectivity index (χ2v) is 9.56. The molecule has 0 aliphatic rings. The van der Waals surface area contributed by atoms with Crippen LogP contribution in [0.3, 0.4) is 0 Å². The maximum atomic E-state index is 13.0. The lowest BCUT2D eigenvalue weighted by Gasteiger charge is -2.19. The van der Waals surface area contributed by atoms with Crippen LogP contribution in [0, 0.1) is 6.92 Å². The second-order valence-electron chi connectivity index (χ2n) is 7.57. The van der Waals surface area contributed by atoms with Crippen molar-refractivity contribution in [2.45, 2.75) is 23.6 Å². The summed E-state index contributed by atoms with van der Waals surface area (Å²) in [5.41, 5.74) is 3.00. The van der Waals surface area contributed by atoms with Crippen LogP contribution in [0.25, 0.3) is 0 Å². The molecule has 4 aromatic rings. The van der Waals surface area contributed by atoms with Crippen LogP contribution in [-0.2, 0) is 15.6 Å². The molecule has 1 aromatic heterocycles. The number of hydrogen-bond acceptors (Lipinski definition) is 4. The van der Waals surface area contributed by atoms with Gasteiger partial charge in [-0.3, -0.25) is 4.79 Å². The Morgan fingerprint density at radius 1 is 0.812 bits per heavy atom. The molecule has 1 atom stereocenters. The van der Waals surface area contributed by atoms with Gasteiger partial charge in [0.05, 0.1) is 10.9 Å². The van der Waals surface area contributed by atoms with Crippen molar-refractivity contribution in [3.8, 4) is 0 Å². The molecular weight excluding hydrogens is 422 g/mol. The Morgan fingerprint density at radius 3 is 2.06 bits per heavy atom. The van der Waals surface area contributed by atoms with Gasteiger partial charge in [-0.1, -0.05) is 78.4 Å². The van der Waals surface area contributed by atoms with E-state index in [1.807, 2.05) is 61.5 Å². The highest BCUT2D eigenvalue weighted by molar-refractivity contribution is 7.90. The molecule has 1 amide bonds. The third-order valence-electron chi connectivity index (χ3n) is 5.14. The summed E-state index contributed by atoms with van der Waals surface area (Å²) in [6.07, 6.45) is 0. The van der Waals surface area contributed by atoms with Gasteiger partial charge in [-0.25, -0.2) is 8.42 Å². The highest BCUT2D eigenvalue weighted by Crippen LogP contribution is 2.24. The highest BCUT2D eigenvalue weighted by atomic mass is 32.2. The van der Waals surface area contributed by atoms with Gasteiger partial charge in [-0.05, 0) is 42.3 Å². The second kappa shape index (κ2) is 9.24. The number of nitrogens with one attached hydrogen (secondary N) is 1. The Kier molecular flexibility index (Phi) is 6.23. The largest absolute Gasteiger partial charge is 0.455 e. The Balaban J connectivity index is 1.55. The van der Waals surface area contributed by atoms with E-state index >= 15 is 0 Å². The molecule has 4 rings (SSSR count). The molecule has 1 unspecified atom stereocenters. The van der Waals surface area contributed by atoms with Crippen LogP contribution in [0.5, 0.6) is 0 Å². The molecule has 162 valence electrons. The van der Waals surface area contributed by atoms with Crippen molar-refractivity contribution in [2.24, 2.45) is 0 Å². The molecule has 0 saturated carbocycles. The Morgan fingerprint density at radius 2 is 1.41 bits per heavy atom. The summed E-state index contributed by atoms with van der Waals surface area (Å²) in [5.74, 6) is -0.450. The minimum absolute atomic E-state index is 0.0660. The van der Waals surface area contributed by atoms with Gasteiger partial charge in [0, 0.05) is 0 Å². The fourth-order valence-corrected chi connectivity index (χ4v) is 4.71. The van der Waals surface area contributed by atoms with E-state index in [-0.39, 0.29) is 28.2 Å². The lowest BCUT2D eigenvalue weighted by atomic mass is 9.97. The first kappa shape index (κ1) is 21.6. The molecule has 3 aromatic carbocycles. The molecule has 1 heterocycles. The number of benzene rings is 3. The zero-order chi connectivity index (χ0) is 22.6. The van der Waals surface area contributed by atoms with Crippen LogP contribution in [0.4, 0.5) is 0 Å². The minimum Gasteiger partial charge on any atom is -0.455 e. The summed E-state index contributed by atoms with van der Waals surface area (Å²) >= 11 is 0. The van der Waals surface area contributed by atoms with E-state index in [2.05, 4.69) is 5.32 Å². The number of sulfone groups is 1. The smallest absolute Gasteiger partial charge is 0.287 e. The number of carbonyl (C=O) groups excluding carboxylic acids is 1. The van der Waals surface area contributed by atoms with Gasteiger partial charge in [0.15, 0.2) is 15.6 Å². The molecule has 1 N–H and O–H groups in total. The SMILES string of the molecule is Cc1ccc(C(NC(=O)c2ccc(CS(=O)(=O)c3ccccc3)o2)c2ccccc2)cc1. The maximum Gasteiger partial charge on any atom is 0.287 e. The standard InChI is InChI=1S/C26H23NO4S/c1-19-12-14-21(15-13-19)25(20-8-4-2-5-9-20)27-26(28)24-17-16-22(31-24)18-32(29,30)23-10-6-3-7-11-23/h2-17,25H,18H2,1H3,(H,27,28). The third-order valence-corrected chi connectivity index (χ3v) is 6.79. The van der Waals surface area contributed by atoms with Gasteiger partial charge >= 0.3 is 0 Å². The highest BCUT2D eigenvalue weighted by Gasteiger charge is 2.22. The van der Waals surface area contributed by atoms with Gasteiger partial charge in [0.2, 0.25) is 0 Å². The van der Waals surface area contributed by atoms with Crippen molar-refractivity contribution in [3.05, 3.63) is 125 Å². The lowest BCUT2D eigenvalue weighted by molar-refractivity contribution is 0.0913. The van der Waals surface area contributed by atoms with Gasteiger partial charge in [0.25, 0.3) is 5.91 Å². The molecule has 0 fully saturated rings. The van der Waals surface area contributed by atoms with E-state index in [0.717, 1.165) is 16.7 Å². The monoisotopic (exact) mass is 445 g/mol. The number of rotatable bonds is 7. The average Bonchev–Trinajstić information content (AvgIpc) is 3.27. The summed E-state index contributed by atoms with van der Waals surface area (Å²) < 4.78 is 30.8. The Bertz CT molecular complexity index is 1290. The molecule has 6 heteroatoms. The minimum atomic E-state index is -3.56. The fraction of sp³-hybridized carbons (Fsp3) is 0.115. The first-order chi connectivity index (χ1) is 15.4. The molecular formula is C26H23NO4S. The summed E-state index contributed by atoms with van der Waals surface area (Å²) in [7, 11) is -3.56. The van der Waals surface area contributed by atoms with Crippen molar-refractivity contribution in [1.29, 1.82) is 0 Å². The van der Waals surface area contributed by atoms with Crippen LogP contribution in [-0.4, -0.2) is 14.3 Å². The van der Waals surface area contributed by atoms with Gasteiger partial charge in [-0.15, -0.1) is 0 Å². The van der Waals surface area contributed by atoms with E-state index in [4.69, 9.17) is 4.42 Å². The summed E-state index contributed by atoms with van der Waals surface area (Å²) in [6, 6.07) is 28.4. The number of aryl methyl sites for hydroxylation is 1. The predicted molar refractivity (Wildman–Crippen MR) is 123 cm³/mol. The van der Waals surface area contributed by atoms with Crippen molar-refractivity contribution in [1.82, 2.24) is 5.32 Å². The zero-order valence-electron chi connectivity index (χ0n) is 17.6. The summed E-state index contributed by atoms with van der Waals surface area (Å²) in [6.45, 7) is 2.01. The first-order valence-corrected chi connectivity index (χ1v) is 11.9. The maximum absolute atomic E-state index is 13.0. The van der Waals surface area contributed by atoms with Crippen molar-refractivity contribution in [3.63, 3.8) is 0 Å². The fourth-order valence-electron chi connectivity index (χ4n) is 3.44. The van der Waals surface area contributed by atoms with E-state index < -0.39 is 15.7 Å². The van der Waals surface area contributed by atoms with Crippen LogP contribution < -0.4 is 5.32 Å². The molecule has 5 nitrogen and oxygen atoms in total. The van der Waals surface area contributed by atoms with Crippen LogP contribution >= 0.6 is 0 Å². The van der Waals surface area contributed by atoms with Crippen LogP contribution in [0.15, 0.2) is 106 Å². The summed E-state index contributed by atoms with van der Waals surface area (Å²) in [4.78, 5) is 13.2. The zero-order valence-corrected chi connectivity index (χ0v) is 18.4. The molecule has 0 aliphatic heterocycles. The molecule has 32 heavy (non-hydrogen) atoms. The van der Waals surface area contributed by atoms with E-state index in [9.17, 15) is 13.2 Å². The van der Waals surface area contributed by atoms with Crippen LogP contribution in [0.1, 0.15) is 39.0 Å². The number of carbonyl (C=O) groups is 1. The predicted octanol–water partition coefficient (Wildman–Crippen LogP) is 5.08. The molecule has 0 aliphatic carbocycles. The summed E-state index contributed by atoms with van der Waals surface area (Å²) in [5, 5.41) is 3.01. The molecule has 0 bridgehead atoms. The Labute approximate surface area is 187 Å². The van der Waals surface area contributed by atoms with Gasteiger partial charge < -0.3 is 9.73 Å². The Hall–Kier alpha value is -3.64. The molecule has 0 spiro atoms. The number of furan rings is 1. The topological polar surface area (TPSA) is 76.4 Å². The van der Waals surface area contributed by atoms with Crippen molar-refractivity contribution >= 4 is 15.7 Å². The third kappa shape index (κ3) is 4.98. The van der Waals surface area contributed by atoms with E-state index in [1.54, 1.807) is 18.2 Å². The van der Waals surface area contributed by atoms with Crippen molar-refractivity contribution in [2.75, 3.05) is 0 Å². The quantitative estimate of drug-likeness (QED) is 0.430. The number of amides is 1. The normalized spacial score (nSPS) is 12.3. The first-order valence-electron chi connectivity index (χ1n) is 10.2. The van der Waals surface area contributed by atoms with Crippen molar-refractivity contribution < 1.29 is 17.6 Å².